The fourth-order valence-electron chi connectivity index (χ4n) is 4.89. The summed E-state index contributed by atoms with van der Waals surface area (Å²) in [6, 6.07) is 8.00. The summed E-state index contributed by atoms with van der Waals surface area (Å²) < 4.78 is 13.3. The zero-order valence-electron chi connectivity index (χ0n) is 11.1. The van der Waals surface area contributed by atoms with E-state index in [-0.39, 0.29) is 17.5 Å². The second-order valence-corrected chi connectivity index (χ2v) is 6.53. The molecule has 0 amide bonds. The van der Waals surface area contributed by atoms with Crippen LogP contribution in [-0.4, -0.2) is 5.78 Å². The highest BCUT2D eigenvalue weighted by atomic mass is 19.1. The highest BCUT2D eigenvalue weighted by Gasteiger charge is 2.67. The molecular weight excluding hydrogens is 253 g/mol. The molecule has 0 spiro atoms. The van der Waals surface area contributed by atoms with Gasteiger partial charge in [-0.25, -0.2) is 4.39 Å². The van der Waals surface area contributed by atoms with Crippen molar-refractivity contribution in [1.82, 2.24) is 0 Å². The molecule has 0 radical (unpaired) electrons. The van der Waals surface area contributed by atoms with Crippen molar-refractivity contribution in [3.63, 3.8) is 0 Å². The van der Waals surface area contributed by atoms with E-state index in [1.807, 2.05) is 0 Å². The molecule has 102 valence electrons. The summed E-state index contributed by atoms with van der Waals surface area (Å²) in [7, 11) is 0. The monoisotopic (exact) mass is 269 g/mol. The molecule has 3 aliphatic carbocycles. The molecule has 0 aliphatic heterocycles. The largest absolute Gasteiger partial charge is 0.298 e. The fraction of sp³-hybridized carbons (Fsp3) is 0.529. The van der Waals surface area contributed by atoms with Crippen molar-refractivity contribution < 1.29 is 9.18 Å². The van der Waals surface area contributed by atoms with Gasteiger partial charge < -0.3 is 0 Å². The third-order valence-electron chi connectivity index (χ3n) is 5.66. The molecule has 3 saturated carbocycles. The molecule has 3 aliphatic rings. The second-order valence-electron chi connectivity index (χ2n) is 6.53. The maximum atomic E-state index is 13.3. The predicted molar refractivity (Wildman–Crippen MR) is 71.1 cm³/mol. The number of nitriles is 1. The van der Waals surface area contributed by atoms with Crippen LogP contribution >= 0.6 is 0 Å². The normalized spacial score (nSPS) is 38.1. The first-order valence-electron chi connectivity index (χ1n) is 7.39. The Morgan fingerprint density at radius 2 is 2.00 bits per heavy atom. The highest BCUT2D eigenvalue weighted by Crippen LogP contribution is 2.70. The van der Waals surface area contributed by atoms with E-state index >= 15 is 0 Å². The summed E-state index contributed by atoms with van der Waals surface area (Å²) >= 11 is 0. The van der Waals surface area contributed by atoms with Crippen LogP contribution in [0.4, 0.5) is 4.39 Å². The Bertz CT molecular complexity index is 604. The summed E-state index contributed by atoms with van der Waals surface area (Å²) in [5.41, 5.74) is 0.509. The van der Waals surface area contributed by atoms with E-state index in [0.717, 1.165) is 0 Å². The lowest BCUT2D eigenvalue weighted by Crippen LogP contribution is -2.17. The number of hydrogen-bond acceptors (Lipinski definition) is 2. The lowest BCUT2D eigenvalue weighted by atomic mass is 9.89. The van der Waals surface area contributed by atoms with Gasteiger partial charge in [0.2, 0.25) is 0 Å². The molecule has 3 heteroatoms. The van der Waals surface area contributed by atoms with Crippen LogP contribution < -0.4 is 0 Å². The molecule has 1 aromatic rings. The van der Waals surface area contributed by atoms with Crippen molar-refractivity contribution >= 4 is 5.78 Å². The number of Topliss-reactive ketones (excluding diaryl/α,β-unsaturated/α-hetero) is 1. The molecule has 0 saturated heterocycles. The van der Waals surface area contributed by atoms with E-state index < -0.39 is 5.92 Å². The number of benzene rings is 1. The Balaban J connectivity index is 1.58. The van der Waals surface area contributed by atoms with Gasteiger partial charge >= 0.3 is 0 Å². The molecule has 4 rings (SSSR count). The zero-order valence-corrected chi connectivity index (χ0v) is 11.1. The van der Waals surface area contributed by atoms with Gasteiger partial charge in [0.25, 0.3) is 0 Å². The number of ketones is 1. The molecule has 3 fully saturated rings. The molecular formula is C17H16FNO. The SMILES string of the molecule is N#CC(C(=O)C1C2C3CCC(C3)C12)c1cccc(F)c1. The first-order valence-corrected chi connectivity index (χ1v) is 7.39. The van der Waals surface area contributed by atoms with Gasteiger partial charge in [0.05, 0.1) is 6.07 Å². The van der Waals surface area contributed by atoms with Crippen LogP contribution in [-0.2, 0) is 4.79 Å². The average molecular weight is 269 g/mol. The molecule has 5 atom stereocenters. The minimum absolute atomic E-state index is 0.0321. The number of carbonyl (C=O) groups excluding carboxylic acids is 1. The number of carbonyl (C=O) groups is 1. The van der Waals surface area contributed by atoms with Crippen LogP contribution in [0.25, 0.3) is 0 Å². The lowest BCUT2D eigenvalue weighted by Gasteiger charge is -2.12. The maximum absolute atomic E-state index is 13.3. The van der Waals surface area contributed by atoms with Gasteiger partial charge in [0.15, 0.2) is 5.78 Å². The Morgan fingerprint density at radius 1 is 1.30 bits per heavy atom. The third kappa shape index (κ3) is 1.57. The molecule has 1 aromatic carbocycles. The Labute approximate surface area is 117 Å². The van der Waals surface area contributed by atoms with Crippen molar-refractivity contribution in [2.75, 3.05) is 0 Å². The number of rotatable bonds is 3. The van der Waals surface area contributed by atoms with E-state index in [9.17, 15) is 14.4 Å². The van der Waals surface area contributed by atoms with Crippen LogP contribution in [0.1, 0.15) is 30.7 Å². The van der Waals surface area contributed by atoms with Gasteiger partial charge in [-0.3, -0.25) is 4.79 Å². The summed E-state index contributed by atoms with van der Waals surface area (Å²) in [5.74, 6) is 1.43. The van der Waals surface area contributed by atoms with Crippen LogP contribution in [0.5, 0.6) is 0 Å². The standard InChI is InChI=1S/C17H16FNO/c18-12-3-1-2-9(7-12)13(8-19)17(20)16-14-10-4-5-11(6-10)15(14)16/h1-3,7,10-11,13-16H,4-6H2. The highest BCUT2D eigenvalue weighted by molar-refractivity contribution is 5.93. The van der Waals surface area contributed by atoms with Gasteiger partial charge in [-0.15, -0.1) is 0 Å². The molecule has 0 aromatic heterocycles. The van der Waals surface area contributed by atoms with Crippen molar-refractivity contribution in [1.29, 1.82) is 5.26 Å². The van der Waals surface area contributed by atoms with Crippen molar-refractivity contribution in [2.45, 2.75) is 25.2 Å². The molecule has 2 nitrogen and oxygen atoms in total. The number of nitrogens with zero attached hydrogens (tertiary/aromatic N) is 1. The summed E-state index contributed by atoms with van der Waals surface area (Å²) in [6.07, 6.45) is 3.80. The van der Waals surface area contributed by atoms with Crippen LogP contribution in [0.2, 0.25) is 0 Å². The minimum Gasteiger partial charge on any atom is -0.298 e. The minimum atomic E-state index is -0.791. The molecule has 0 heterocycles. The number of fused-ring (bicyclic) bond motifs is 5. The molecule has 20 heavy (non-hydrogen) atoms. The van der Waals surface area contributed by atoms with Gasteiger partial charge in [-0.05, 0) is 60.6 Å². The van der Waals surface area contributed by atoms with Crippen molar-refractivity contribution in [3.8, 4) is 6.07 Å². The maximum Gasteiger partial charge on any atom is 0.158 e. The van der Waals surface area contributed by atoms with Crippen molar-refractivity contribution in [3.05, 3.63) is 35.6 Å². The first kappa shape index (κ1) is 12.1. The Kier molecular flexibility index (Phi) is 2.51. The van der Waals surface area contributed by atoms with Crippen LogP contribution in [0.3, 0.4) is 0 Å². The molecule has 0 N–H and O–H groups in total. The van der Waals surface area contributed by atoms with E-state index in [2.05, 4.69) is 6.07 Å². The Hall–Kier alpha value is -1.69. The molecule has 2 bridgehead atoms. The fourth-order valence-corrected chi connectivity index (χ4v) is 4.89. The number of halogens is 1. The summed E-state index contributed by atoms with van der Waals surface area (Å²) in [5, 5.41) is 9.33. The predicted octanol–water partition coefficient (Wildman–Crippen LogP) is 3.29. The lowest BCUT2D eigenvalue weighted by molar-refractivity contribution is -0.121. The zero-order chi connectivity index (χ0) is 13.9. The topological polar surface area (TPSA) is 40.9 Å². The smallest absolute Gasteiger partial charge is 0.158 e. The van der Waals surface area contributed by atoms with E-state index in [4.69, 9.17) is 0 Å². The number of hydrogen-bond donors (Lipinski definition) is 0. The van der Waals surface area contributed by atoms with Gasteiger partial charge in [-0.2, -0.15) is 5.26 Å². The Morgan fingerprint density at radius 3 is 2.60 bits per heavy atom. The second kappa shape index (κ2) is 4.15. The van der Waals surface area contributed by atoms with E-state index in [1.165, 1.54) is 31.4 Å². The van der Waals surface area contributed by atoms with Crippen LogP contribution in [0.15, 0.2) is 24.3 Å². The van der Waals surface area contributed by atoms with Crippen LogP contribution in [0, 0.1) is 46.7 Å². The summed E-state index contributed by atoms with van der Waals surface area (Å²) in [4.78, 5) is 12.6. The van der Waals surface area contributed by atoms with E-state index in [1.54, 1.807) is 12.1 Å². The van der Waals surface area contributed by atoms with Gasteiger partial charge in [0, 0.05) is 5.92 Å². The first-order chi connectivity index (χ1) is 9.70. The van der Waals surface area contributed by atoms with Crippen molar-refractivity contribution in [2.24, 2.45) is 29.6 Å². The quantitative estimate of drug-likeness (QED) is 0.844. The third-order valence-corrected chi connectivity index (χ3v) is 5.66. The van der Waals surface area contributed by atoms with Gasteiger partial charge in [-0.1, -0.05) is 12.1 Å². The summed E-state index contributed by atoms with van der Waals surface area (Å²) in [6.45, 7) is 0. The molecule has 5 unspecified atom stereocenters. The van der Waals surface area contributed by atoms with E-state index in [0.29, 0.717) is 29.2 Å². The average Bonchev–Trinajstić information content (AvgIpc) is 2.88. The van der Waals surface area contributed by atoms with Gasteiger partial charge in [0.1, 0.15) is 11.7 Å².